The molecule has 1 saturated carbocycles. The first kappa shape index (κ1) is 30.2. The number of rotatable bonds is 10. The summed E-state index contributed by atoms with van der Waals surface area (Å²) < 4.78 is 33.1. The maximum Gasteiger partial charge on any atom is 0.306 e. The molecule has 45 heavy (non-hydrogen) atoms. The third-order valence-electron chi connectivity index (χ3n) is 10.8. The van der Waals surface area contributed by atoms with Crippen LogP contribution in [0.2, 0.25) is 0 Å². The van der Waals surface area contributed by atoms with Gasteiger partial charge in [-0.2, -0.15) is 0 Å². The summed E-state index contributed by atoms with van der Waals surface area (Å²) in [7, 11) is 3.36. The molecule has 4 unspecified atom stereocenters. The van der Waals surface area contributed by atoms with Crippen LogP contribution >= 0.6 is 0 Å². The van der Waals surface area contributed by atoms with Gasteiger partial charge in [0, 0.05) is 37.4 Å². The molecule has 238 valence electrons. The summed E-state index contributed by atoms with van der Waals surface area (Å²) >= 11 is 0. The summed E-state index contributed by atoms with van der Waals surface area (Å²) in [6.07, 6.45) is 9.61. The number of pyridine rings is 1. The van der Waals surface area contributed by atoms with Gasteiger partial charge < -0.3 is 19.3 Å². The predicted octanol–water partition coefficient (Wildman–Crippen LogP) is 7.32. The number of halogens is 1. The van der Waals surface area contributed by atoms with Crippen molar-refractivity contribution in [3.8, 4) is 22.8 Å². The number of methoxy groups -OCH3 is 2. The summed E-state index contributed by atoms with van der Waals surface area (Å²) in [5.41, 5.74) is 5.69. The fraction of sp³-hybridized carbons (Fsp3) is 0.514. The number of benzene rings is 2. The molecule has 3 fully saturated rings. The van der Waals surface area contributed by atoms with Gasteiger partial charge in [0.05, 0.1) is 25.3 Å². The molecule has 3 aliphatic heterocycles. The van der Waals surface area contributed by atoms with Gasteiger partial charge in [0.15, 0.2) is 0 Å². The summed E-state index contributed by atoms with van der Waals surface area (Å²) in [5.74, 6) is 0.0738. The van der Waals surface area contributed by atoms with E-state index in [1.54, 1.807) is 13.2 Å². The lowest BCUT2D eigenvalue weighted by atomic mass is 9.82. The van der Waals surface area contributed by atoms with Gasteiger partial charge in [-0.15, -0.1) is 0 Å². The third kappa shape index (κ3) is 5.95. The summed E-state index contributed by atoms with van der Waals surface area (Å²) in [6.45, 7) is 2.55. The second-order valence-corrected chi connectivity index (χ2v) is 13.5. The number of aryl methyl sites for hydroxylation is 1. The highest BCUT2D eigenvalue weighted by molar-refractivity contribution is 5.71. The molecule has 0 amide bonds. The van der Waals surface area contributed by atoms with E-state index in [1.807, 2.05) is 20.1 Å². The van der Waals surface area contributed by atoms with Gasteiger partial charge in [0.2, 0.25) is 5.88 Å². The van der Waals surface area contributed by atoms with Crippen molar-refractivity contribution in [2.45, 2.75) is 95.0 Å². The number of ether oxygens (including phenoxy) is 3. The molecule has 2 aromatic carbocycles. The summed E-state index contributed by atoms with van der Waals surface area (Å²) in [5, 5.41) is 9.80. The van der Waals surface area contributed by atoms with Crippen LogP contribution in [0.15, 0.2) is 48.7 Å². The Bertz CT molecular complexity index is 1560. The minimum absolute atomic E-state index is 0.00692. The molecule has 7 rings (SSSR count). The van der Waals surface area contributed by atoms with E-state index in [0.717, 1.165) is 91.5 Å². The number of carboxylic acids is 1. The van der Waals surface area contributed by atoms with Gasteiger partial charge >= 0.3 is 5.97 Å². The standard InChI is InChI=1S/C37H43FN2O5/c1-21(37(41)42)36(23-5-6-23)25-7-4-22-9-13-33(45-34(22)15-25)24-8-12-30(31-18-35(44-3)39-19-32(31)38)26(14-24)20-40-27-10-11-28(40)17-29(16-27)43-2/h4,7-8,12,14-15,18-19,21,23,27-29,33,36H,5-6,9-11,13,16-17,20H2,1-3H3,(H,41,42)/t21-,27?,28?,29?,33?,36?/m0/s1. The molecular formula is C37H43FN2O5. The molecule has 2 bridgehead atoms. The molecular weight excluding hydrogens is 571 g/mol. The van der Waals surface area contributed by atoms with Crippen LogP contribution in [-0.4, -0.2) is 53.4 Å². The average Bonchev–Trinajstić information content (AvgIpc) is 3.86. The van der Waals surface area contributed by atoms with E-state index in [0.29, 0.717) is 35.5 Å². The molecule has 0 radical (unpaired) electrons. The number of hydrogen-bond acceptors (Lipinski definition) is 6. The van der Waals surface area contributed by atoms with Crippen LogP contribution in [0.25, 0.3) is 11.1 Å². The van der Waals surface area contributed by atoms with Crippen LogP contribution in [-0.2, 0) is 22.5 Å². The van der Waals surface area contributed by atoms with Crippen LogP contribution in [0, 0.1) is 17.7 Å². The van der Waals surface area contributed by atoms with Gasteiger partial charge in [-0.3, -0.25) is 9.69 Å². The number of nitrogens with zero attached hydrogens (tertiary/aromatic N) is 2. The number of aromatic nitrogens is 1. The zero-order chi connectivity index (χ0) is 31.2. The van der Waals surface area contributed by atoms with Crippen molar-refractivity contribution < 1.29 is 28.5 Å². The van der Waals surface area contributed by atoms with Crippen molar-refractivity contribution >= 4 is 5.97 Å². The Hall–Kier alpha value is -3.49. The van der Waals surface area contributed by atoms with Gasteiger partial charge in [-0.25, -0.2) is 9.37 Å². The molecule has 8 heteroatoms. The zero-order valence-electron chi connectivity index (χ0n) is 26.4. The van der Waals surface area contributed by atoms with Crippen molar-refractivity contribution in [1.29, 1.82) is 0 Å². The lowest BCUT2D eigenvalue weighted by molar-refractivity contribution is -0.142. The number of fused-ring (bicyclic) bond motifs is 3. The topological polar surface area (TPSA) is 81.1 Å². The molecule has 2 saturated heterocycles. The Balaban J connectivity index is 1.21. The molecule has 4 heterocycles. The normalized spacial score (nSPS) is 25.7. The number of aliphatic carboxylic acids is 1. The minimum Gasteiger partial charge on any atom is -0.485 e. The molecule has 3 aromatic rings. The first-order chi connectivity index (χ1) is 21.8. The Morgan fingerprint density at radius 2 is 1.82 bits per heavy atom. The largest absolute Gasteiger partial charge is 0.485 e. The van der Waals surface area contributed by atoms with Crippen molar-refractivity contribution in [2.75, 3.05) is 14.2 Å². The Morgan fingerprint density at radius 1 is 1.04 bits per heavy atom. The molecule has 0 spiro atoms. The molecule has 7 nitrogen and oxygen atoms in total. The zero-order valence-corrected chi connectivity index (χ0v) is 26.4. The van der Waals surface area contributed by atoms with Crippen molar-refractivity contribution in [2.24, 2.45) is 11.8 Å². The van der Waals surface area contributed by atoms with E-state index in [9.17, 15) is 9.90 Å². The third-order valence-corrected chi connectivity index (χ3v) is 10.8. The van der Waals surface area contributed by atoms with Crippen LogP contribution < -0.4 is 9.47 Å². The first-order valence-electron chi connectivity index (χ1n) is 16.5. The minimum atomic E-state index is -0.751. The smallest absolute Gasteiger partial charge is 0.306 e. The molecule has 1 aliphatic carbocycles. The second kappa shape index (κ2) is 12.4. The monoisotopic (exact) mass is 614 g/mol. The quantitative estimate of drug-likeness (QED) is 0.256. The van der Waals surface area contributed by atoms with E-state index in [4.69, 9.17) is 14.2 Å². The number of carbonyl (C=O) groups is 1. The van der Waals surface area contributed by atoms with Gasteiger partial charge in [0.25, 0.3) is 0 Å². The number of hydrogen-bond donors (Lipinski definition) is 1. The number of piperidine rings is 1. The average molecular weight is 615 g/mol. The van der Waals surface area contributed by atoms with Crippen LogP contribution in [0.1, 0.15) is 86.1 Å². The van der Waals surface area contributed by atoms with Gasteiger partial charge in [-0.05, 0) is 97.1 Å². The summed E-state index contributed by atoms with van der Waals surface area (Å²) in [6, 6.07) is 15.2. The lowest BCUT2D eigenvalue weighted by Gasteiger charge is -2.39. The highest BCUT2D eigenvalue weighted by Gasteiger charge is 2.41. The van der Waals surface area contributed by atoms with E-state index < -0.39 is 11.9 Å². The fourth-order valence-electron chi connectivity index (χ4n) is 8.22. The second-order valence-electron chi connectivity index (χ2n) is 13.5. The highest BCUT2D eigenvalue weighted by atomic mass is 19.1. The predicted molar refractivity (Wildman–Crippen MR) is 169 cm³/mol. The highest BCUT2D eigenvalue weighted by Crippen LogP contribution is 2.48. The van der Waals surface area contributed by atoms with E-state index >= 15 is 4.39 Å². The van der Waals surface area contributed by atoms with Crippen molar-refractivity contribution in [3.05, 3.63) is 76.7 Å². The van der Waals surface area contributed by atoms with Gasteiger partial charge in [0.1, 0.15) is 17.7 Å². The Labute approximate surface area is 264 Å². The molecule has 1 aromatic heterocycles. The van der Waals surface area contributed by atoms with Crippen molar-refractivity contribution in [1.82, 2.24) is 9.88 Å². The van der Waals surface area contributed by atoms with Crippen LogP contribution in [0.5, 0.6) is 11.6 Å². The van der Waals surface area contributed by atoms with E-state index in [2.05, 4.69) is 40.2 Å². The SMILES string of the molecule is COc1cc(-c2ccc(C3CCc4ccc(C(C5CC5)[C@H](C)C(=O)O)cc4O3)cc2CN2C3CCC2CC(OC)C3)c(F)cn1. The Morgan fingerprint density at radius 3 is 2.51 bits per heavy atom. The van der Waals surface area contributed by atoms with Crippen LogP contribution in [0.3, 0.4) is 0 Å². The maximum absolute atomic E-state index is 15.3. The fourth-order valence-corrected chi connectivity index (χ4v) is 8.22. The molecule has 5 atom stereocenters. The van der Waals surface area contributed by atoms with E-state index in [1.165, 1.54) is 6.20 Å². The Kier molecular flexibility index (Phi) is 8.29. The number of carboxylic acid groups (broad SMARTS) is 1. The maximum atomic E-state index is 15.3. The first-order valence-corrected chi connectivity index (χ1v) is 16.5. The molecule has 4 aliphatic rings. The lowest BCUT2D eigenvalue weighted by Crippen LogP contribution is -2.44. The molecule has 1 N–H and O–H groups in total. The van der Waals surface area contributed by atoms with Gasteiger partial charge in [-0.1, -0.05) is 37.3 Å². The van der Waals surface area contributed by atoms with Crippen molar-refractivity contribution in [3.63, 3.8) is 0 Å². The summed E-state index contributed by atoms with van der Waals surface area (Å²) in [4.78, 5) is 18.6. The van der Waals surface area contributed by atoms with Crippen LogP contribution in [0.4, 0.5) is 4.39 Å². The van der Waals surface area contributed by atoms with E-state index in [-0.39, 0.29) is 17.8 Å².